The molecule has 1 rings (SSSR count). The van der Waals surface area contributed by atoms with Crippen LogP contribution in [0.1, 0.15) is 5.69 Å². The van der Waals surface area contributed by atoms with Crippen LogP contribution in [0.3, 0.4) is 0 Å². The Morgan fingerprint density at radius 3 is 3.13 bits per heavy atom. The topological polar surface area (TPSA) is 53.7 Å². The molecule has 0 aliphatic heterocycles. The number of aliphatic imine (C=N–C) groups is 1. The second-order valence-electron chi connectivity index (χ2n) is 3.06. The van der Waals surface area contributed by atoms with Crippen LogP contribution in [0.5, 0.6) is 0 Å². The monoisotopic (exact) mass is 208 g/mol. The molecule has 5 nitrogen and oxygen atoms in total. The van der Waals surface area contributed by atoms with Crippen LogP contribution in [0.2, 0.25) is 0 Å². The molecule has 5 heteroatoms. The van der Waals surface area contributed by atoms with E-state index in [-0.39, 0.29) is 0 Å². The van der Waals surface area contributed by atoms with Gasteiger partial charge in [-0.1, -0.05) is 11.2 Å². The number of nitrogens with zero attached hydrogens (tertiary/aromatic N) is 3. The largest absolute Gasteiger partial charge is 0.364 e. The molecule has 0 radical (unpaired) electrons. The Hall–Kier alpha value is -1.78. The van der Waals surface area contributed by atoms with Gasteiger partial charge in [-0.2, -0.15) is 0 Å². The van der Waals surface area contributed by atoms with Gasteiger partial charge in [-0.3, -0.25) is 4.99 Å². The first kappa shape index (κ1) is 11.3. The highest BCUT2D eigenvalue weighted by Crippen LogP contribution is 1.99. The van der Waals surface area contributed by atoms with E-state index in [0.717, 1.165) is 11.7 Å². The van der Waals surface area contributed by atoms with Gasteiger partial charge in [-0.25, -0.2) is 0 Å². The van der Waals surface area contributed by atoms with Gasteiger partial charge in [0.2, 0.25) is 0 Å². The van der Waals surface area contributed by atoms with Crippen molar-refractivity contribution in [2.75, 3.05) is 20.6 Å². The Bertz CT molecular complexity index is 318. The van der Waals surface area contributed by atoms with E-state index in [4.69, 9.17) is 4.52 Å². The average molecular weight is 208 g/mol. The van der Waals surface area contributed by atoms with E-state index >= 15 is 0 Å². The smallest absolute Gasteiger partial charge is 0.193 e. The molecule has 0 saturated heterocycles. The highest BCUT2D eigenvalue weighted by molar-refractivity contribution is 5.79. The molecule has 0 bridgehead atoms. The molecule has 82 valence electrons. The molecule has 1 aromatic rings. The second kappa shape index (κ2) is 5.85. The first-order chi connectivity index (χ1) is 7.27. The molecular formula is C10H16N4O. The van der Waals surface area contributed by atoms with Crippen molar-refractivity contribution in [1.29, 1.82) is 0 Å². The minimum atomic E-state index is 0.660. The van der Waals surface area contributed by atoms with E-state index < -0.39 is 0 Å². The molecule has 0 atom stereocenters. The van der Waals surface area contributed by atoms with Crippen LogP contribution in [-0.2, 0) is 6.54 Å². The molecule has 0 saturated carbocycles. The fourth-order valence-corrected chi connectivity index (χ4v) is 1.19. The second-order valence-corrected chi connectivity index (χ2v) is 3.06. The number of aromatic nitrogens is 1. The predicted molar refractivity (Wildman–Crippen MR) is 59.5 cm³/mol. The fourth-order valence-electron chi connectivity index (χ4n) is 1.19. The predicted octanol–water partition coefficient (Wildman–Crippen LogP) is 0.868. The maximum atomic E-state index is 4.76. The summed E-state index contributed by atoms with van der Waals surface area (Å²) in [4.78, 5) is 6.09. The minimum Gasteiger partial charge on any atom is -0.364 e. The Labute approximate surface area is 89.5 Å². The molecule has 0 aliphatic rings. The number of nitrogens with one attached hydrogen (secondary N) is 1. The minimum absolute atomic E-state index is 0.660. The molecule has 15 heavy (non-hydrogen) atoms. The summed E-state index contributed by atoms with van der Waals surface area (Å²) in [7, 11) is 3.68. The molecule has 0 unspecified atom stereocenters. The summed E-state index contributed by atoms with van der Waals surface area (Å²) in [6.45, 7) is 4.99. The van der Waals surface area contributed by atoms with Crippen LogP contribution < -0.4 is 5.32 Å². The van der Waals surface area contributed by atoms with E-state index in [0.29, 0.717) is 13.1 Å². The van der Waals surface area contributed by atoms with Crippen molar-refractivity contribution in [2.24, 2.45) is 4.99 Å². The standard InChI is InChI=1S/C10H16N4O/c1-4-6-12-10(11-2)14(3)8-9-5-7-15-13-9/h4-5,7H,1,6,8H2,2-3H3,(H,11,12). The average Bonchev–Trinajstić information content (AvgIpc) is 2.71. The van der Waals surface area contributed by atoms with E-state index in [2.05, 4.69) is 22.0 Å². The molecule has 0 aromatic carbocycles. The van der Waals surface area contributed by atoms with Gasteiger partial charge in [0.05, 0.1) is 6.54 Å². The quantitative estimate of drug-likeness (QED) is 0.453. The zero-order valence-electron chi connectivity index (χ0n) is 9.10. The normalized spacial score (nSPS) is 11.2. The lowest BCUT2D eigenvalue weighted by atomic mass is 10.4. The van der Waals surface area contributed by atoms with Gasteiger partial charge < -0.3 is 14.7 Å². The van der Waals surface area contributed by atoms with E-state index in [1.165, 1.54) is 0 Å². The van der Waals surface area contributed by atoms with Crippen LogP contribution in [0.25, 0.3) is 0 Å². The van der Waals surface area contributed by atoms with E-state index in [1.807, 2.05) is 18.0 Å². The van der Waals surface area contributed by atoms with E-state index in [1.54, 1.807) is 19.4 Å². The lowest BCUT2D eigenvalue weighted by Crippen LogP contribution is -2.38. The van der Waals surface area contributed by atoms with Crippen molar-refractivity contribution in [3.05, 3.63) is 30.7 Å². The SMILES string of the molecule is C=CCNC(=NC)N(C)Cc1ccon1. The van der Waals surface area contributed by atoms with Gasteiger partial charge in [-0.05, 0) is 0 Å². The molecule has 0 aliphatic carbocycles. The first-order valence-corrected chi connectivity index (χ1v) is 4.70. The summed E-state index contributed by atoms with van der Waals surface area (Å²) >= 11 is 0. The van der Waals surface area contributed by atoms with Gasteiger partial charge in [-0.15, -0.1) is 6.58 Å². The third-order valence-corrected chi connectivity index (χ3v) is 1.87. The van der Waals surface area contributed by atoms with E-state index in [9.17, 15) is 0 Å². The third-order valence-electron chi connectivity index (χ3n) is 1.87. The van der Waals surface area contributed by atoms with Crippen molar-refractivity contribution in [2.45, 2.75) is 6.54 Å². The Morgan fingerprint density at radius 2 is 2.60 bits per heavy atom. The fraction of sp³-hybridized carbons (Fsp3) is 0.400. The highest BCUT2D eigenvalue weighted by atomic mass is 16.5. The molecule has 1 N–H and O–H groups in total. The lowest BCUT2D eigenvalue weighted by molar-refractivity contribution is 0.391. The van der Waals surface area contributed by atoms with Gasteiger partial charge in [0.1, 0.15) is 12.0 Å². The summed E-state index contributed by atoms with van der Waals surface area (Å²) < 4.78 is 4.76. The number of guanidine groups is 1. The maximum absolute atomic E-state index is 4.76. The summed E-state index contributed by atoms with van der Waals surface area (Å²) in [6, 6.07) is 1.83. The Morgan fingerprint density at radius 1 is 1.80 bits per heavy atom. The lowest BCUT2D eigenvalue weighted by Gasteiger charge is -2.20. The number of hydrogen-bond acceptors (Lipinski definition) is 3. The van der Waals surface area contributed by atoms with Crippen molar-refractivity contribution < 1.29 is 4.52 Å². The number of rotatable bonds is 4. The van der Waals surface area contributed by atoms with Crippen molar-refractivity contribution >= 4 is 5.96 Å². The molecule has 1 aromatic heterocycles. The number of hydrogen-bond donors (Lipinski definition) is 1. The third kappa shape index (κ3) is 3.46. The van der Waals surface area contributed by atoms with Gasteiger partial charge in [0.25, 0.3) is 0 Å². The van der Waals surface area contributed by atoms with Crippen LogP contribution in [0, 0.1) is 0 Å². The molecule has 1 heterocycles. The van der Waals surface area contributed by atoms with Crippen LogP contribution >= 0.6 is 0 Å². The summed E-state index contributed by atoms with van der Waals surface area (Å²) in [6.07, 6.45) is 3.35. The van der Waals surface area contributed by atoms with Crippen LogP contribution in [0.15, 0.2) is 34.5 Å². The van der Waals surface area contributed by atoms with Gasteiger partial charge >= 0.3 is 0 Å². The summed E-state index contributed by atoms with van der Waals surface area (Å²) in [5, 5.41) is 6.96. The summed E-state index contributed by atoms with van der Waals surface area (Å²) in [5.41, 5.74) is 0.874. The summed E-state index contributed by atoms with van der Waals surface area (Å²) in [5.74, 6) is 0.804. The highest BCUT2D eigenvalue weighted by Gasteiger charge is 2.06. The Balaban J connectivity index is 2.50. The molecular weight excluding hydrogens is 192 g/mol. The van der Waals surface area contributed by atoms with Crippen LogP contribution in [0.4, 0.5) is 0 Å². The maximum Gasteiger partial charge on any atom is 0.193 e. The molecule has 0 amide bonds. The molecule has 0 fully saturated rings. The zero-order valence-corrected chi connectivity index (χ0v) is 9.10. The molecule has 0 spiro atoms. The first-order valence-electron chi connectivity index (χ1n) is 4.70. The zero-order chi connectivity index (χ0) is 11.1. The van der Waals surface area contributed by atoms with Crippen molar-refractivity contribution in [3.8, 4) is 0 Å². The Kier molecular flexibility index (Phi) is 4.40. The van der Waals surface area contributed by atoms with Crippen molar-refractivity contribution in [3.63, 3.8) is 0 Å². The van der Waals surface area contributed by atoms with Gasteiger partial charge in [0, 0.05) is 26.7 Å². The van der Waals surface area contributed by atoms with Crippen molar-refractivity contribution in [1.82, 2.24) is 15.4 Å². The van der Waals surface area contributed by atoms with Crippen LogP contribution in [-0.4, -0.2) is 36.7 Å². The van der Waals surface area contributed by atoms with Gasteiger partial charge in [0.15, 0.2) is 5.96 Å².